The van der Waals surface area contributed by atoms with E-state index in [0.29, 0.717) is 18.3 Å². The number of esters is 3. The van der Waals surface area contributed by atoms with Gasteiger partial charge in [-0.2, -0.15) is 0 Å². The van der Waals surface area contributed by atoms with E-state index in [1.807, 2.05) is 13.0 Å². The third-order valence-corrected chi connectivity index (χ3v) is 13.6. The number of Topliss-reactive ketones (excluding diaryl/α,β-unsaturated/α-hetero) is 1. The van der Waals surface area contributed by atoms with E-state index in [0.717, 1.165) is 32.1 Å². The van der Waals surface area contributed by atoms with Gasteiger partial charge in [0.05, 0.1) is 6.61 Å². The van der Waals surface area contributed by atoms with Gasteiger partial charge in [-0.1, -0.05) is 54.2 Å². The standard InChI is InChI=1S/C37H52O8/c1-10-30(41)43-18-20(2)21(3)32(42)33(45-25(7)39)23(5)31-28(44-24(6)38)17-35(9)29-12-11-26-22(4)27(40)13-14-36(26)19-37(29,36)16-15-34(31,35)8/h13-14,20,22-23,26,28-29,31,33H,3,10-12,15-19H2,1-2,4-9H3/t20-,22-,23-,26-,28-,29-,31-,33+,34+,35-,36+,37-/m0/s1. The fraction of sp³-hybridized carbons (Fsp3) is 0.757. The Kier molecular flexibility index (Phi) is 8.57. The number of ketones is 2. The third-order valence-electron chi connectivity index (χ3n) is 13.6. The Balaban J connectivity index is 1.48. The maximum absolute atomic E-state index is 14.0. The molecule has 0 aromatic heterocycles. The summed E-state index contributed by atoms with van der Waals surface area (Å²) in [6, 6.07) is 0. The first kappa shape index (κ1) is 33.6. The summed E-state index contributed by atoms with van der Waals surface area (Å²) in [4.78, 5) is 63.5. The number of carbonyl (C=O) groups excluding carboxylic acids is 5. The van der Waals surface area contributed by atoms with Crippen LogP contribution in [0.15, 0.2) is 24.3 Å². The SMILES string of the molecule is C=C(C(=O)[C@H](OC(C)=O)[C@@H](C)[C@H]1[C@@H](OC(C)=O)C[C@@]2(C)[C@@H]3CC[C@H]4[C@H](C)C(=O)C=C[C@@]45C[C@@]35CC[C@]12C)[C@@H](C)COC(=O)CC. The molecule has 0 saturated heterocycles. The average molecular weight is 625 g/mol. The summed E-state index contributed by atoms with van der Waals surface area (Å²) in [6.07, 6.45) is 8.46. The molecule has 2 spiro atoms. The van der Waals surface area contributed by atoms with Gasteiger partial charge in [-0.15, -0.1) is 0 Å². The summed E-state index contributed by atoms with van der Waals surface area (Å²) in [7, 11) is 0. The molecule has 5 aliphatic carbocycles. The van der Waals surface area contributed by atoms with Crippen LogP contribution in [0.1, 0.15) is 100 Å². The van der Waals surface area contributed by atoms with Crippen molar-refractivity contribution in [1.29, 1.82) is 0 Å². The number of hydrogen-bond acceptors (Lipinski definition) is 8. The van der Waals surface area contributed by atoms with Gasteiger partial charge < -0.3 is 14.2 Å². The second kappa shape index (κ2) is 11.5. The van der Waals surface area contributed by atoms with E-state index in [2.05, 4.69) is 33.4 Å². The summed E-state index contributed by atoms with van der Waals surface area (Å²) in [5, 5.41) is 0. The van der Waals surface area contributed by atoms with Gasteiger partial charge in [-0.25, -0.2) is 0 Å². The molecular weight excluding hydrogens is 572 g/mol. The van der Waals surface area contributed by atoms with E-state index >= 15 is 0 Å². The molecule has 0 bridgehead atoms. The zero-order valence-electron chi connectivity index (χ0n) is 28.4. The molecular formula is C37H52O8. The molecule has 0 radical (unpaired) electrons. The molecule has 4 saturated carbocycles. The zero-order valence-corrected chi connectivity index (χ0v) is 28.4. The molecule has 5 rings (SSSR count). The summed E-state index contributed by atoms with van der Waals surface area (Å²) in [5.41, 5.74) is -0.0830. The zero-order chi connectivity index (χ0) is 33.3. The fourth-order valence-electron chi connectivity index (χ4n) is 11.3. The van der Waals surface area contributed by atoms with Gasteiger partial charge in [0, 0.05) is 43.9 Å². The van der Waals surface area contributed by atoms with Crippen LogP contribution in [0.4, 0.5) is 0 Å². The third kappa shape index (κ3) is 4.95. The van der Waals surface area contributed by atoms with Crippen molar-refractivity contribution in [3.05, 3.63) is 24.3 Å². The monoisotopic (exact) mass is 624 g/mol. The quantitative estimate of drug-likeness (QED) is 0.160. The van der Waals surface area contributed by atoms with E-state index < -0.39 is 35.8 Å². The average Bonchev–Trinajstić information content (AvgIpc) is 3.59. The number of fused-ring (bicyclic) bond motifs is 2. The van der Waals surface area contributed by atoms with Gasteiger partial charge in [0.15, 0.2) is 17.7 Å². The topological polar surface area (TPSA) is 113 Å². The lowest BCUT2D eigenvalue weighted by atomic mass is 9.43. The van der Waals surface area contributed by atoms with Crippen LogP contribution < -0.4 is 0 Å². The molecule has 0 N–H and O–H groups in total. The predicted octanol–water partition coefficient (Wildman–Crippen LogP) is 6.20. The minimum absolute atomic E-state index is 0.0128. The van der Waals surface area contributed by atoms with Gasteiger partial charge in [0.25, 0.3) is 0 Å². The maximum atomic E-state index is 14.0. The Bertz CT molecular complexity index is 1330. The van der Waals surface area contributed by atoms with Crippen molar-refractivity contribution in [2.75, 3.05) is 6.61 Å². The summed E-state index contributed by atoms with van der Waals surface area (Å²) < 4.78 is 17.2. The van der Waals surface area contributed by atoms with Crippen LogP contribution in [-0.2, 0) is 38.2 Å². The Labute approximate surface area is 268 Å². The number of ether oxygens (including phenoxy) is 3. The Hall–Kier alpha value is -2.77. The molecule has 4 fully saturated rings. The molecule has 0 heterocycles. The molecule has 5 aliphatic rings. The van der Waals surface area contributed by atoms with E-state index in [9.17, 15) is 24.0 Å². The van der Waals surface area contributed by atoms with Crippen molar-refractivity contribution in [3.63, 3.8) is 0 Å². The minimum Gasteiger partial charge on any atom is -0.465 e. The van der Waals surface area contributed by atoms with Crippen LogP contribution >= 0.6 is 0 Å². The first-order valence-corrected chi connectivity index (χ1v) is 17.0. The smallest absolute Gasteiger partial charge is 0.305 e. The summed E-state index contributed by atoms with van der Waals surface area (Å²) in [6.45, 7) is 19.0. The molecule has 0 aromatic carbocycles. The van der Waals surface area contributed by atoms with Gasteiger partial charge in [0.2, 0.25) is 0 Å². The maximum Gasteiger partial charge on any atom is 0.305 e. The van der Waals surface area contributed by atoms with Crippen LogP contribution in [0.5, 0.6) is 0 Å². The second-order valence-corrected chi connectivity index (χ2v) is 15.6. The largest absolute Gasteiger partial charge is 0.465 e. The molecule has 45 heavy (non-hydrogen) atoms. The summed E-state index contributed by atoms with van der Waals surface area (Å²) >= 11 is 0. The highest BCUT2D eigenvalue weighted by atomic mass is 16.6. The molecule has 0 aromatic rings. The molecule has 12 atom stereocenters. The van der Waals surface area contributed by atoms with Gasteiger partial charge in [-0.3, -0.25) is 24.0 Å². The first-order chi connectivity index (χ1) is 21.0. The predicted molar refractivity (Wildman–Crippen MR) is 167 cm³/mol. The van der Waals surface area contributed by atoms with E-state index in [4.69, 9.17) is 14.2 Å². The number of hydrogen-bond donors (Lipinski definition) is 0. The van der Waals surface area contributed by atoms with Crippen LogP contribution in [0.3, 0.4) is 0 Å². The number of carbonyl (C=O) groups is 5. The van der Waals surface area contributed by atoms with Crippen LogP contribution in [0, 0.1) is 57.2 Å². The number of rotatable bonds is 10. The molecule has 0 aliphatic heterocycles. The van der Waals surface area contributed by atoms with Crippen LogP contribution in [0.2, 0.25) is 0 Å². The van der Waals surface area contributed by atoms with Crippen molar-refractivity contribution >= 4 is 29.5 Å². The number of allylic oxidation sites excluding steroid dienone is 2. The van der Waals surface area contributed by atoms with Gasteiger partial charge in [-0.05, 0) is 83.7 Å². The summed E-state index contributed by atoms with van der Waals surface area (Å²) in [5.74, 6) is -1.82. The molecule has 8 heteroatoms. The van der Waals surface area contributed by atoms with E-state index in [1.165, 1.54) is 13.8 Å². The van der Waals surface area contributed by atoms with Crippen molar-refractivity contribution in [3.8, 4) is 0 Å². The van der Waals surface area contributed by atoms with Crippen LogP contribution in [0.25, 0.3) is 0 Å². The normalized spacial score (nSPS) is 41.2. The van der Waals surface area contributed by atoms with Crippen molar-refractivity contribution in [2.45, 2.75) is 113 Å². The Morgan fingerprint density at radius 3 is 2.36 bits per heavy atom. The minimum atomic E-state index is -1.12. The second-order valence-electron chi connectivity index (χ2n) is 15.6. The Morgan fingerprint density at radius 1 is 1.04 bits per heavy atom. The van der Waals surface area contributed by atoms with Crippen molar-refractivity contribution in [2.24, 2.45) is 57.2 Å². The van der Waals surface area contributed by atoms with E-state index in [1.54, 1.807) is 13.8 Å². The van der Waals surface area contributed by atoms with Gasteiger partial charge in [0.1, 0.15) is 6.10 Å². The lowest BCUT2D eigenvalue weighted by Gasteiger charge is -2.61. The molecule has 0 amide bonds. The highest BCUT2D eigenvalue weighted by Gasteiger charge is 2.81. The first-order valence-electron chi connectivity index (χ1n) is 17.0. The fourth-order valence-corrected chi connectivity index (χ4v) is 11.3. The highest BCUT2D eigenvalue weighted by molar-refractivity contribution is 6.00. The molecule has 0 unspecified atom stereocenters. The molecule has 8 nitrogen and oxygen atoms in total. The van der Waals surface area contributed by atoms with Crippen molar-refractivity contribution in [1.82, 2.24) is 0 Å². The lowest BCUT2D eigenvalue weighted by molar-refractivity contribution is -0.166. The van der Waals surface area contributed by atoms with Gasteiger partial charge >= 0.3 is 17.9 Å². The highest BCUT2D eigenvalue weighted by Crippen LogP contribution is 2.87. The Morgan fingerprint density at radius 2 is 1.73 bits per heavy atom. The molecule has 248 valence electrons. The van der Waals surface area contributed by atoms with Crippen LogP contribution in [-0.4, -0.2) is 48.3 Å². The lowest BCUT2D eigenvalue weighted by Crippen LogP contribution is -2.56. The van der Waals surface area contributed by atoms with Crippen molar-refractivity contribution < 1.29 is 38.2 Å². The van der Waals surface area contributed by atoms with E-state index in [-0.39, 0.29) is 69.8 Å².